The van der Waals surface area contributed by atoms with Crippen molar-refractivity contribution < 1.29 is 0 Å². The third-order valence-electron chi connectivity index (χ3n) is 3.42. The summed E-state index contributed by atoms with van der Waals surface area (Å²) in [6.45, 7) is 10.1. The lowest BCUT2D eigenvalue weighted by Crippen LogP contribution is -2.10. The predicted molar refractivity (Wildman–Crippen MR) is 79.9 cm³/mol. The number of aromatic nitrogens is 2. The molecular weight excluding hydrogens is 234 g/mol. The fourth-order valence-corrected chi connectivity index (χ4v) is 2.18. The van der Waals surface area contributed by atoms with Gasteiger partial charge in [0.25, 0.3) is 0 Å². The van der Waals surface area contributed by atoms with E-state index in [0.29, 0.717) is 6.54 Å². The van der Waals surface area contributed by atoms with E-state index in [4.69, 9.17) is 5.73 Å². The molecule has 19 heavy (non-hydrogen) atoms. The fourth-order valence-electron chi connectivity index (χ4n) is 2.18. The first-order valence-corrected chi connectivity index (χ1v) is 6.83. The molecule has 0 aliphatic rings. The van der Waals surface area contributed by atoms with Crippen molar-refractivity contribution in [2.24, 2.45) is 5.73 Å². The molecule has 0 unspecified atom stereocenters. The van der Waals surface area contributed by atoms with Crippen molar-refractivity contribution in [3.8, 4) is 11.3 Å². The summed E-state index contributed by atoms with van der Waals surface area (Å²) in [5, 5.41) is 4.60. The van der Waals surface area contributed by atoms with Crippen LogP contribution in [0.1, 0.15) is 39.0 Å². The molecule has 1 aromatic carbocycles. The number of nitrogens with zero attached hydrogens (tertiary/aromatic N) is 2. The Morgan fingerprint density at radius 1 is 1.16 bits per heavy atom. The molecule has 0 saturated carbocycles. The lowest BCUT2D eigenvalue weighted by molar-refractivity contribution is 0.590. The van der Waals surface area contributed by atoms with E-state index in [1.165, 1.54) is 5.56 Å². The van der Waals surface area contributed by atoms with E-state index in [1.807, 2.05) is 4.68 Å². The topological polar surface area (TPSA) is 43.8 Å². The number of benzene rings is 1. The minimum Gasteiger partial charge on any atom is -0.325 e. The van der Waals surface area contributed by atoms with Gasteiger partial charge < -0.3 is 5.73 Å². The largest absolute Gasteiger partial charge is 0.325 e. The minimum atomic E-state index is 0.184. The molecule has 0 amide bonds. The number of nitrogens with two attached hydrogens (primary N) is 1. The lowest BCUT2D eigenvalue weighted by Gasteiger charge is -2.18. The van der Waals surface area contributed by atoms with Crippen LogP contribution >= 0.6 is 0 Å². The van der Waals surface area contributed by atoms with Crippen LogP contribution in [0.5, 0.6) is 0 Å². The van der Waals surface area contributed by atoms with Crippen LogP contribution in [0.2, 0.25) is 0 Å². The standard InChI is InChI=1S/C16H23N3/c1-5-19-14(11-17)10-15(18-19)12-6-8-13(9-7-12)16(2,3)4/h6-10H,5,11,17H2,1-4H3. The molecule has 1 aromatic heterocycles. The second-order valence-corrected chi connectivity index (χ2v) is 5.87. The third kappa shape index (κ3) is 2.87. The van der Waals surface area contributed by atoms with Crippen LogP contribution < -0.4 is 5.73 Å². The van der Waals surface area contributed by atoms with Crippen molar-refractivity contribution in [1.82, 2.24) is 9.78 Å². The average Bonchev–Trinajstić information content (AvgIpc) is 2.81. The summed E-state index contributed by atoms with van der Waals surface area (Å²) < 4.78 is 1.97. The van der Waals surface area contributed by atoms with Gasteiger partial charge in [-0.05, 0) is 24.0 Å². The molecule has 0 aliphatic heterocycles. The highest BCUT2D eigenvalue weighted by Gasteiger charge is 2.14. The van der Waals surface area contributed by atoms with Crippen LogP contribution in [0.4, 0.5) is 0 Å². The van der Waals surface area contributed by atoms with Crippen molar-refractivity contribution in [3.05, 3.63) is 41.6 Å². The van der Waals surface area contributed by atoms with Gasteiger partial charge in [-0.3, -0.25) is 4.68 Å². The van der Waals surface area contributed by atoms with Gasteiger partial charge in [0, 0.05) is 18.7 Å². The van der Waals surface area contributed by atoms with Crippen LogP contribution in [-0.2, 0) is 18.5 Å². The number of aryl methyl sites for hydroxylation is 1. The molecule has 0 fully saturated rings. The van der Waals surface area contributed by atoms with E-state index in [2.05, 4.69) is 63.1 Å². The van der Waals surface area contributed by atoms with Crippen LogP contribution in [0.15, 0.2) is 30.3 Å². The molecule has 102 valence electrons. The van der Waals surface area contributed by atoms with Crippen LogP contribution in [0, 0.1) is 0 Å². The molecule has 0 aliphatic carbocycles. The molecule has 2 rings (SSSR count). The quantitative estimate of drug-likeness (QED) is 0.916. The van der Waals surface area contributed by atoms with Crippen molar-refractivity contribution in [3.63, 3.8) is 0 Å². The lowest BCUT2D eigenvalue weighted by atomic mass is 9.86. The van der Waals surface area contributed by atoms with Gasteiger partial charge in [0.2, 0.25) is 0 Å². The zero-order valence-corrected chi connectivity index (χ0v) is 12.3. The van der Waals surface area contributed by atoms with Crippen LogP contribution in [-0.4, -0.2) is 9.78 Å². The maximum absolute atomic E-state index is 5.74. The molecule has 0 spiro atoms. The monoisotopic (exact) mass is 257 g/mol. The Bertz CT molecular complexity index is 523. The molecule has 1 heterocycles. The Labute approximate surface area is 115 Å². The summed E-state index contributed by atoms with van der Waals surface area (Å²) in [6, 6.07) is 10.7. The maximum Gasteiger partial charge on any atom is 0.0926 e. The highest BCUT2D eigenvalue weighted by Crippen LogP contribution is 2.25. The first kappa shape index (κ1) is 13.8. The third-order valence-corrected chi connectivity index (χ3v) is 3.42. The maximum atomic E-state index is 5.74. The molecule has 0 saturated heterocycles. The summed E-state index contributed by atoms with van der Waals surface area (Å²) in [5.41, 5.74) is 10.5. The van der Waals surface area contributed by atoms with Gasteiger partial charge in [-0.25, -0.2) is 0 Å². The highest BCUT2D eigenvalue weighted by atomic mass is 15.3. The summed E-state index contributed by atoms with van der Waals surface area (Å²) in [4.78, 5) is 0. The van der Waals surface area contributed by atoms with Gasteiger partial charge in [-0.1, -0.05) is 45.0 Å². The van der Waals surface area contributed by atoms with Crippen molar-refractivity contribution in [2.75, 3.05) is 0 Å². The Morgan fingerprint density at radius 3 is 2.21 bits per heavy atom. The van der Waals surface area contributed by atoms with Gasteiger partial charge in [0.15, 0.2) is 0 Å². The van der Waals surface area contributed by atoms with Crippen LogP contribution in [0.25, 0.3) is 11.3 Å². The van der Waals surface area contributed by atoms with Gasteiger partial charge in [-0.2, -0.15) is 5.10 Å². The first-order valence-electron chi connectivity index (χ1n) is 6.83. The Morgan fingerprint density at radius 2 is 1.79 bits per heavy atom. The zero-order chi connectivity index (χ0) is 14.0. The smallest absolute Gasteiger partial charge is 0.0926 e. The molecule has 3 nitrogen and oxygen atoms in total. The van der Waals surface area contributed by atoms with E-state index in [-0.39, 0.29) is 5.41 Å². The number of hydrogen-bond acceptors (Lipinski definition) is 2. The van der Waals surface area contributed by atoms with E-state index < -0.39 is 0 Å². The molecule has 3 heteroatoms. The van der Waals surface area contributed by atoms with Gasteiger partial charge in [-0.15, -0.1) is 0 Å². The van der Waals surface area contributed by atoms with E-state index in [0.717, 1.165) is 23.5 Å². The van der Waals surface area contributed by atoms with Gasteiger partial charge in [0.1, 0.15) is 0 Å². The van der Waals surface area contributed by atoms with Crippen molar-refractivity contribution >= 4 is 0 Å². The fraction of sp³-hybridized carbons (Fsp3) is 0.438. The summed E-state index contributed by atoms with van der Waals surface area (Å²) >= 11 is 0. The minimum absolute atomic E-state index is 0.184. The average molecular weight is 257 g/mol. The Balaban J connectivity index is 2.34. The van der Waals surface area contributed by atoms with E-state index >= 15 is 0 Å². The number of rotatable bonds is 3. The first-order chi connectivity index (χ1) is 8.95. The summed E-state index contributed by atoms with van der Waals surface area (Å²) in [5.74, 6) is 0. The zero-order valence-electron chi connectivity index (χ0n) is 12.3. The predicted octanol–water partition coefficient (Wildman–Crippen LogP) is 3.33. The normalized spacial score (nSPS) is 11.8. The highest BCUT2D eigenvalue weighted by molar-refractivity contribution is 5.60. The van der Waals surface area contributed by atoms with Crippen LogP contribution in [0.3, 0.4) is 0 Å². The summed E-state index contributed by atoms with van der Waals surface area (Å²) in [6.07, 6.45) is 0. The molecule has 2 aromatic rings. The number of hydrogen-bond donors (Lipinski definition) is 1. The Hall–Kier alpha value is -1.61. The van der Waals surface area contributed by atoms with Gasteiger partial charge >= 0.3 is 0 Å². The van der Waals surface area contributed by atoms with Gasteiger partial charge in [0.05, 0.1) is 11.4 Å². The molecule has 0 radical (unpaired) electrons. The molecular formula is C16H23N3. The summed E-state index contributed by atoms with van der Waals surface area (Å²) in [7, 11) is 0. The molecule has 0 atom stereocenters. The molecule has 0 bridgehead atoms. The van der Waals surface area contributed by atoms with E-state index in [9.17, 15) is 0 Å². The van der Waals surface area contributed by atoms with Crippen molar-refractivity contribution in [2.45, 2.75) is 46.2 Å². The second-order valence-electron chi connectivity index (χ2n) is 5.87. The second kappa shape index (κ2) is 5.17. The van der Waals surface area contributed by atoms with E-state index in [1.54, 1.807) is 0 Å². The Kier molecular flexibility index (Phi) is 3.76. The van der Waals surface area contributed by atoms with Crippen molar-refractivity contribution in [1.29, 1.82) is 0 Å². The molecule has 2 N–H and O–H groups in total. The SMILES string of the molecule is CCn1nc(-c2ccc(C(C)(C)C)cc2)cc1CN.